The van der Waals surface area contributed by atoms with Crippen molar-refractivity contribution in [2.45, 2.75) is 31.5 Å². The number of morpholine rings is 1. The SMILES string of the molecule is COC1=CC=CN(/C=C/C2NC3C(c4ccc(Cl)cc4)OCCN3N2)C1n1cnc(C)c1. The van der Waals surface area contributed by atoms with Gasteiger partial charge in [0.05, 0.1) is 31.9 Å². The van der Waals surface area contributed by atoms with Crippen molar-refractivity contribution in [3.8, 4) is 0 Å². The maximum absolute atomic E-state index is 6.10. The third kappa shape index (κ3) is 4.20. The fourth-order valence-corrected chi connectivity index (χ4v) is 4.47. The summed E-state index contributed by atoms with van der Waals surface area (Å²) in [6, 6.07) is 7.85. The number of imidazole rings is 1. The average molecular weight is 455 g/mol. The number of hydrazine groups is 1. The number of halogens is 1. The topological polar surface area (TPSA) is 66.8 Å². The summed E-state index contributed by atoms with van der Waals surface area (Å²) in [4.78, 5) is 6.48. The molecule has 1 aromatic carbocycles. The Hall–Kier alpha value is -2.62. The summed E-state index contributed by atoms with van der Waals surface area (Å²) in [6.45, 7) is 3.45. The van der Waals surface area contributed by atoms with Crippen LogP contribution in [0.2, 0.25) is 5.02 Å². The molecule has 0 amide bonds. The molecule has 2 N–H and O–H groups in total. The second-order valence-corrected chi connectivity index (χ2v) is 8.43. The Bertz CT molecular complexity index is 1030. The summed E-state index contributed by atoms with van der Waals surface area (Å²) in [5, 5.41) is 6.57. The Morgan fingerprint density at radius 1 is 1.28 bits per heavy atom. The van der Waals surface area contributed by atoms with Crippen molar-refractivity contribution >= 4 is 11.6 Å². The quantitative estimate of drug-likeness (QED) is 0.719. The van der Waals surface area contributed by atoms with Crippen LogP contribution in [0.4, 0.5) is 0 Å². The minimum Gasteiger partial charge on any atom is -0.497 e. The standard InChI is InChI=1S/C23H27ClN6O2/c1-16-14-29(15-25-16)23-19(31-2)4-3-10-28(23)11-9-20-26-22-21(32-13-12-30(22)27-20)17-5-7-18(24)8-6-17/h3-11,14-15,20-23,26-27H,12-13H2,1-2H3/b11-9+. The van der Waals surface area contributed by atoms with E-state index in [2.05, 4.69) is 37.9 Å². The molecular formula is C23H27ClN6O2. The number of nitrogens with one attached hydrogen (secondary N) is 2. The molecule has 168 valence electrons. The molecule has 2 aromatic rings. The molecule has 4 atom stereocenters. The van der Waals surface area contributed by atoms with Crippen molar-refractivity contribution in [3.63, 3.8) is 0 Å². The molecule has 3 aliphatic rings. The van der Waals surface area contributed by atoms with Crippen LogP contribution in [0.15, 0.2) is 73.2 Å². The highest BCUT2D eigenvalue weighted by atomic mass is 35.5. The van der Waals surface area contributed by atoms with E-state index >= 15 is 0 Å². The Balaban J connectivity index is 1.32. The molecule has 0 spiro atoms. The number of aromatic nitrogens is 2. The van der Waals surface area contributed by atoms with E-state index in [4.69, 9.17) is 21.1 Å². The van der Waals surface area contributed by atoms with Gasteiger partial charge in [0.1, 0.15) is 18.0 Å². The molecule has 0 radical (unpaired) electrons. The number of ether oxygens (including phenoxy) is 2. The van der Waals surface area contributed by atoms with E-state index in [0.29, 0.717) is 6.61 Å². The maximum Gasteiger partial charge on any atom is 0.169 e. The lowest BCUT2D eigenvalue weighted by atomic mass is 10.1. The van der Waals surface area contributed by atoms with E-state index in [1.165, 1.54) is 0 Å². The zero-order chi connectivity index (χ0) is 22.1. The second kappa shape index (κ2) is 9.09. The van der Waals surface area contributed by atoms with Gasteiger partial charge in [-0.2, -0.15) is 0 Å². The number of methoxy groups -OCH3 is 1. The largest absolute Gasteiger partial charge is 0.497 e. The van der Waals surface area contributed by atoms with Gasteiger partial charge in [-0.15, -0.1) is 0 Å². The Kier molecular flexibility index (Phi) is 6.03. The number of nitrogens with zero attached hydrogens (tertiary/aromatic N) is 4. The second-order valence-electron chi connectivity index (χ2n) is 7.99. The zero-order valence-electron chi connectivity index (χ0n) is 18.1. The van der Waals surface area contributed by atoms with Crippen LogP contribution in [0.5, 0.6) is 0 Å². The zero-order valence-corrected chi connectivity index (χ0v) is 18.8. The van der Waals surface area contributed by atoms with E-state index in [0.717, 1.165) is 28.6 Å². The van der Waals surface area contributed by atoms with Gasteiger partial charge in [0.25, 0.3) is 0 Å². The van der Waals surface area contributed by atoms with Crippen molar-refractivity contribution in [2.24, 2.45) is 0 Å². The van der Waals surface area contributed by atoms with E-state index in [-0.39, 0.29) is 24.6 Å². The van der Waals surface area contributed by atoms with Crippen LogP contribution in [0.25, 0.3) is 0 Å². The molecule has 5 rings (SSSR count). The molecule has 4 unspecified atom stereocenters. The lowest BCUT2D eigenvalue weighted by molar-refractivity contribution is -0.0769. The first-order valence-electron chi connectivity index (χ1n) is 10.7. The van der Waals surface area contributed by atoms with Gasteiger partial charge >= 0.3 is 0 Å². The number of aryl methyl sites for hydroxylation is 1. The summed E-state index contributed by atoms with van der Waals surface area (Å²) < 4.78 is 13.8. The average Bonchev–Trinajstić information content (AvgIpc) is 3.43. The molecule has 2 saturated heterocycles. The number of benzene rings is 1. The van der Waals surface area contributed by atoms with Crippen molar-refractivity contribution in [1.82, 2.24) is 30.2 Å². The molecule has 9 heteroatoms. The molecule has 32 heavy (non-hydrogen) atoms. The first-order valence-corrected chi connectivity index (χ1v) is 11.0. The number of hydrogen-bond acceptors (Lipinski definition) is 7. The smallest absolute Gasteiger partial charge is 0.169 e. The van der Waals surface area contributed by atoms with Crippen LogP contribution < -0.4 is 10.7 Å². The molecule has 8 nitrogen and oxygen atoms in total. The lowest BCUT2D eigenvalue weighted by Crippen LogP contribution is -2.50. The third-order valence-electron chi connectivity index (χ3n) is 5.86. The molecule has 4 heterocycles. The van der Waals surface area contributed by atoms with Crippen molar-refractivity contribution in [2.75, 3.05) is 20.3 Å². The van der Waals surface area contributed by atoms with Gasteiger partial charge in [0, 0.05) is 30.2 Å². The van der Waals surface area contributed by atoms with Crippen LogP contribution >= 0.6 is 11.6 Å². The van der Waals surface area contributed by atoms with Gasteiger partial charge in [-0.1, -0.05) is 23.7 Å². The van der Waals surface area contributed by atoms with Crippen LogP contribution in [0.3, 0.4) is 0 Å². The van der Waals surface area contributed by atoms with Gasteiger partial charge in [-0.25, -0.2) is 15.4 Å². The molecule has 2 fully saturated rings. The molecule has 0 saturated carbocycles. The molecule has 0 aliphatic carbocycles. The summed E-state index contributed by atoms with van der Waals surface area (Å²) in [5.74, 6) is 0.843. The number of allylic oxidation sites excluding steroid dienone is 2. The monoisotopic (exact) mass is 454 g/mol. The summed E-state index contributed by atoms with van der Waals surface area (Å²) in [7, 11) is 1.69. The highest BCUT2D eigenvalue weighted by molar-refractivity contribution is 6.30. The molecular weight excluding hydrogens is 428 g/mol. The van der Waals surface area contributed by atoms with Crippen molar-refractivity contribution in [1.29, 1.82) is 0 Å². The maximum atomic E-state index is 6.10. The molecule has 0 bridgehead atoms. The van der Waals surface area contributed by atoms with Gasteiger partial charge < -0.3 is 18.9 Å². The number of hydrogen-bond donors (Lipinski definition) is 2. The van der Waals surface area contributed by atoms with E-state index in [9.17, 15) is 0 Å². The predicted molar refractivity (Wildman–Crippen MR) is 122 cm³/mol. The number of rotatable bonds is 5. The highest BCUT2D eigenvalue weighted by Crippen LogP contribution is 2.31. The summed E-state index contributed by atoms with van der Waals surface area (Å²) in [6.07, 6.45) is 13.8. The Labute approximate surface area is 192 Å². The highest BCUT2D eigenvalue weighted by Gasteiger charge is 2.39. The van der Waals surface area contributed by atoms with E-state index in [1.807, 2.05) is 66.6 Å². The fourth-order valence-electron chi connectivity index (χ4n) is 4.34. The Morgan fingerprint density at radius 2 is 2.12 bits per heavy atom. The number of fused-ring (bicyclic) bond motifs is 1. The fraction of sp³-hybridized carbons (Fsp3) is 0.348. The van der Waals surface area contributed by atoms with Gasteiger partial charge in [-0.3, -0.25) is 5.32 Å². The molecule has 1 aromatic heterocycles. The minimum atomic E-state index is -0.128. The van der Waals surface area contributed by atoms with Crippen LogP contribution in [-0.2, 0) is 9.47 Å². The predicted octanol–water partition coefficient (Wildman–Crippen LogP) is 3.05. The molecule has 3 aliphatic heterocycles. The van der Waals surface area contributed by atoms with Crippen LogP contribution in [0.1, 0.15) is 23.5 Å². The van der Waals surface area contributed by atoms with Gasteiger partial charge in [0.2, 0.25) is 0 Å². The lowest BCUT2D eigenvalue weighted by Gasteiger charge is -2.35. The first-order chi connectivity index (χ1) is 15.6. The van der Waals surface area contributed by atoms with E-state index in [1.54, 1.807) is 7.11 Å². The summed E-state index contributed by atoms with van der Waals surface area (Å²) in [5.41, 5.74) is 5.61. The third-order valence-corrected chi connectivity index (χ3v) is 6.11. The Morgan fingerprint density at radius 3 is 2.88 bits per heavy atom. The van der Waals surface area contributed by atoms with Crippen molar-refractivity contribution < 1.29 is 9.47 Å². The summed E-state index contributed by atoms with van der Waals surface area (Å²) >= 11 is 6.06. The van der Waals surface area contributed by atoms with Crippen molar-refractivity contribution in [3.05, 3.63) is 89.5 Å². The normalized spacial score (nSPS) is 28.2. The van der Waals surface area contributed by atoms with E-state index < -0.39 is 0 Å². The van der Waals surface area contributed by atoms with Gasteiger partial charge in [0.15, 0.2) is 6.17 Å². The van der Waals surface area contributed by atoms with Crippen LogP contribution in [0, 0.1) is 6.92 Å². The van der Waals surface area contributed by atoms with Gasteiger partial charge in [-0.05, 0) is 42.8 Å². The first kappa shape index (κ1) is 21.2. The van der Waals surface area contributed by atoms with Crippen LogP contribution in [-0.4, -0.2) is 52.1 Å². The minimum absolute atomic E-state index is 0.0259.